The molecule has 1 atom stereocenters. The minimum atomic E-state index is -0.217. The van der Waals surface area contributed by atoms with E-state index in [1.165, 1.54) is 0 Å². The summed E-state index contributed by atoms with van der Waals surface area (Å²) in [5, 5.41) is 8.69. The van der Waals surface area contributed by atoms with Crippen LogP contribution in [0.2, 0.25) is 0 Å². The molecule has 1 aromatic heterocycles. The molecule has 7 nitrogen and oxygen atoms in total. The van der Waals surface area contributed by atoms with Crippen LogP contribution in [0.15, 0.2) is 0 Å². The summed E-state index contributed by atoms with van der Waals surface area (Å²) < 4.78 is 7.52. The summed E-state index contributed by atoms with van der Waals surface area (Å²) >= 11 is 0. The maximum absolute atomic E-state index is 12.3. The lowest BCUT2D eigenvalue weighted by Gasteiger charge is -2.32. The minimum absolute atomic E-state index is 0.0183. The van der Waals surface area contributed by atoms with Gasteiger partial charge in [-0.2, -0.15) is 0 Å². The number of rotatable bonds is 4. The Kier molecular flexibility index (Phi) is 5.85. The Morgan fingerprint density at radius 2 is 2.04 bits per heavy atom. The van der Waals surface area contributed by atoms with Gasteiger partial charge in [0.1, 0.15) is 11.6 Å². The molecule has 0 aliphatic carbocycles. The third-order valence-electron chi connectivity index (χ3n) is 4.13. The molecule has 0 spiro atoms. The highest BCUT2D eigenvalue weighted by Crippen LogP contribution is 2.26. The second kappa shape index (κ2) is 7.51. The van der Waals surface area contributed by atoms with Gasteiger partial charge in [0.15, 0.2) is 0 Å². The lowest BCUT2D eigenvalue weighted by Crippen LogP contribution is -2.41. The Hall–Kier alpha value is -1.63. The zero-order valence-corrected chi connectivity index (χ0v) is 15.9. The number of nitrogens with zero attached hydrogens (tertiary/aromatic N) is 5. The van der Waals surface area contributed by atoms with E-state index in [9.17, 15) is 4.79 Å². The number of hydrogen-bond donors (Lipinski definition) is 0. The normalized spacial score (nSPS) is 19.0. The molecule has 136 valence electrons. The summed E-state index contributed by atoms with van der Waals surface area (Å²) in [7, 11) is 6.04. The van der Waals surface area contributed by atoms with Crippen molar-refractivity contribution in [3.63, 3.8) is 0 Å². The summed E-state index contributed by atoms with van der Waals surface area (Å²) in [6.45, 7) is 8.78. The van der Waals surface area contributed by atoms with Crippen LogP contribution < -0.4 is 0 Å². The lowest BCUT2D eigenvalue weighted by atomic mass is 9.97. The topological polar surface area (TPSA) is 63.5 Å². The van der Waals surface area contributed by atoms with Crippen molar-refractivity contribution in [1.82, 2.24) is 24.6 Å². The van der Waals surface area contributed by atoms with Crippen LogP contribution >= 0.6 is 0 Å². The second-order valence-corrected chi connectivity index (χ2v) is 8.17. The first kappa shape index (κ1) is 18.7. The van der Waals surface area contributed by atoms with Crippen molar-refractivity contribution >= 4 is 6.09 Å². The molecule has 1 aromatic rings. The fourth-order valence-corrected chi connectivity index (χ4v) is 2.87. The van der Waals surface area contributed by atoms with Gasteiger partial charge in [-0.05, 0) is 32.4 Å². The highest BCUT2D eigenvalue weighted by Gasteiger charge is 2.29. The van der Waals surface area contributed by atoms with Crippen molar-refractivity contribution in [2.75, 3.05) is 33.8 Å². The van der Waals surface area contributed by atoms with Crippen molar-refractivity contribution in [3.8, 4) is 0 Å². The quantitative estimate of drug-likeness (QED) is 0.843. The van der Waals surface area contributed by atoms with Crippen LogP contribution in [0.4, 0.5) is 4.79 Å². The number of carbonyl (C=O) groups is 1. The fraction of sp³-hybridized carbons (Fsp3) is 0.824. The van der Waals surface area contributed by atoms with E-state index in [4.69, 9.17) is 4.74 Å². The van der Waals surface area contributed by atoms with Crippen LogP contribution in [-0.4, -0.2) is 64.4 Å². The first-order chi connectivity index (χ1) is 11.2. The number of ether oxygens (including phenoxy) is 1. The van der Waals surface area contributed by atoms with Gasteiger partial charge < -0.3 is 19.1 Å². The van der Waals surface area contributed by atoms with Crippen LogP contribution in [0, 0.1) is 5.41 Å². The molecule has 0 unspecified atom stereocenters. The first-order valence-corrected chi connectivity index (χ1v) is 8.62. The van der Waals surface area contributed by atoms with Gasteiger partial charge in [0.05, 0.1) is 13.2 Å². The van der Waals surface area contributed by atoms with Gasteiger partial charge in [0.2, 0.25) is 0 Å². The summed E-state index contributed by atoms with van der Waals surface area (Å²) in [5.41, 5.74) is -0.0183. The second-order valence-electron chi connectivity index (χ2n) is 8.17. The number of piperidine rings is 1. The molecule has 0 aromatic carbocycles. The van der Waals surface area contributed by atoms with Crippen LogP contribution in [-0.2, 0) is 18.3 Å². The summed E-state index contributed by atoms with van der Waals surface area (Å²) in [4.78, 5) is 16.2. The van der Waals surface area contributed by atoms with Crippen LogP contribution in [0.3, 0.4) is 0 Å². The van der Waals surface area contributed by atoms with E-state index in [-0.39, 0.29) is 17.4 Å². The minimum Gasteiger partial charge on any atom is -0.449 e. The Morgan fingerprint density at radius 3 is 2.67 bits per heavy atom. The van der Waals surface area contributed by atoms with Gasteiger partial charge in [-0.25, -0.2) is 4.79 Å². The van der Waals surface area contributed by atoms with Crippen LogP contribution in [0.1, 0.15) is 51.2 Å². The van der Waals surface area contributed by atoms with E-state index in [1.54, 1.807) is 4.90 Å². The Bertz CT molecular complexity index is 562. The number of likely N-dealkylation sites (tertiary alicyclic amines) is 1. The van der Waals surface area contributed by atoms with E-state index < -0.39 is 0 Å². The van der Waals surface area contributed by atoms with Crippen LogP contribution in [0.5, 0.6) is 0 Å². The molecule has 0 radical (unpaired) electrons. The SMILES string of the molecule is CN(C)Cc1nnc([C@@H]2CCCN(C(=O)OCC(C)(C)C)C2)n1C. The van der Waals surface area contributed by atoms with Crippen molar-refractivity contribution in [3.05, 3.63) is 11.6 Å². The fourth-order valence-electron chi connectivity index (χ4n) is 2.87. The molecule has 24 heavy (non-hydrogen) atoms. The van der Waals surface area contributed by atoms with E-state index >= 15 is 0 Å². The Labute approximate surface area is 145 Å². The molecule has 2 heterocycles. The third kappa shape index (κ3) is 4.93. The number of carbonyl (C=O) groups excluding carboxylic acids is 1. The molecule has 1 amide bonds. The Balaban J connectivity index is 2.00. The van der Waals surface area contributed by atoms with E-state index in [2.05, 4.69) is 40.4 Å². The third-order valence-corrected chi connectivity index (χ3v) is 4.13. The van der Waals surface area contributed by atoms with E-state index in [0.717, 1.165) is 37.6 Å². The molecule has 0 bridgehead atoms. The highest BCUT2D eigenvalue weighted by atomic mass is 16.6. The van der Waals surface area contributed by atoms with Crippen LogP contribution in [0.25, 0.3) is 0 Å². The number of amides is 1. The number of aromatic nitrogens is 3. The molecule has 1 aliphatic heterocycles. The monoisotopic (exact) mass is 337 g/mol. The zero-order chi connectivity index (χ0) is 17.9. The first-order valence-electron chi connectivity index (χ1n) is 8.62. The summed E-state index contributed by atoms with van der Waals surface area (Å²) in [6.07, 6.45) is 1.77. The van der Waals surface area contributed by atoms with Gasteiger partial charge >= 0.3 is 6.09 Å². The maximum Gasteiger partial charge on any atom is 0.409 e. The molecular formula is C17H31N5O2. The standard InChI is InChI=1S/C17H31N5O2/c1-17(2,3)12-24-16(23)22-9-7-8-13(10-22)15-19-18-14(21(15)6)11-20(4)5/h13H,7-12H2,1-6H3/t13-/m1/s1. The van der Waals surface area contributed by atoms with Gasteiger partial charge in [0.25, 0.3) is 0 Å². The molecule has 1 fully saturated rings. The molecule has 0 N–H and O–H groups in total. The average Bonchev–Trinajstić information content (AvgIpc) is 2.85. The predicted octanol–water partition coefficient (Wildman–Crippen LogP) is 2.24. The molecule has 0 saturated carbocycles. The van der Waals surface area contributed by atoms with E-state index in [0.29, 0.717) is 13.2 Å². The summed E-state index contributed by atoms with van der Waals surface area (Å²) in [5.74, 6) is 2.12. The van der Waals surface area contributed by atoms with Gasteiger partial charge in [0, 0.05) is 26.1 Å². The number of hydrogen-bond acceptors (Lipinski definition) is 5. The van der Waals surface area contributed by atoms with Crippen molar-refractivity contribution in [2.45, 2.75) is 46.1 Å². The smallest absolute Gasteiger partial charge is 0.409 e. The molecule has 7 heteroatoms. The van der Waals surface area contributed by atoms with Crippen molar-refractivity contribution < 1.29 is 9.53 Å². The molecule has 2 rings (SSSR count). The molecular weight excluding hydrogens is 306 g/mol. The van der Waals surface area contributed by atoms with Gasteiger partial charge in [-0.15, -0.1) is 10.2 Å². The highest BCUT2D eigenvalue weighted by molar-refractivity contribution is 5.67. The molecule has 1 saturated heterocycles. The van der Waals surface area contributed by atoms with Crippen molar-refractivity contribution in [2.24, 2.45) is 12.5 Å². The maximum atomic E-state index is 12.3. The van der Waals surface area contributed by atoms with Gasteiger partial charge in [-0.3, -0.25) is 0 Å². The predicted molar refractivity (Wildman–Crippen MR) is 92.7 cm³/mol. The van der Waals surface area contributed by atoms with E-state index in [1.807, 2.05) is 21.1 Å². The lowest BCUT2D eigenvalue weighted by molar-refractivity contribution is 0.0640. The molecule has 1 aliphatic rings. The van der Waals surface area contributed by atoms with Crippen molar-refractivity contribution in [1.29, 1.82) is 0 Å². The Morgan fingerprint density at radius 1 is 1.33 bits per heavy atom. The zero-order valence-electron chi connectivity index (χ0n) is 15.9. The largest absolute Gasteiger partial charge is 0.449 e. The average molecular weight is 337 g/mol. The summed E-state index contributed by atoms with van der Waals surface area (Å²) in [6, 6.07) is 0. The van der Waals surface area contributed by atoms with Gasteiger partial charge in [-0.1, -0.05) is 20.8 Å².